The molecule has 0 bridgehead atoms. The molecule has 1 aliphatic rings. The molecule has 0 radical (unpaired) electrons. The van der Waals surface area contributed by atoms with E-state index >= 15 is 0 Å². The quantitative estimate of drug-likeness (QED) is 0.721. The molecule has 1 amide bonds. The molecule has 116 valence electrons. The van der Waals surface area contributed by atoms with E-state index in [1.54, 1.807) is 0 Å². The summed E-state index contributed by atoms with van der Waals surface area (Å²) in [4.78, 5) is 11.4. The highest BCUT2D eigenvalue weighted by molar-refractivity contribution is 5.91. The number of carbonyl (C=O) groups excluding carboxylic acids is 1. The number of rotatable bonds is 7. The first-order valence-electron chi connectivity index (χ1n) is 7.56. The summed E-state index contributed by atoms with van der Waals surface area (Å²) in [6, 6.07) is 8.84. The molecule has 3 N–H and O–H groups in total. The zero-order valence-corrected chi connectivity index (χ0v) is 12.8. The largest absolute Gasteiger partial charge is 0.383 e. The first-order valence-corrected chi connectivity index (χ1v) is 7.56. The molecule has 1 aromatic carbocycles. The number of carbonyl (C=O) groups is 1. The lowest BCUT2D eigenvalue weighted by Crippen LogP contribution is -2.29. The lowest BCUT2D eigenvalue weighted by atomic mass is 10.1. The van der Waals surface area contributed by atoms with Crippen molar-refractivity contribution in [2.24, 2.45) is 0 Å². The van der Waals surface area contributed by atoms with Gasteiger partial charge in [0, 0.05) is 30.6 Å². The minimum atomic E-state index is -0.140. The molecule has 0 saturated carbocycles. The molecule has 1 aliphatic heterocycles. The average molecular weight is 291 g/mol. The van der Waals surface area contributed by atoms with Crippen LogP contribution in [0, 0.1) is 0 Å². The van der Waals surface area contributed by atoms with E-state index in [1.165, 1.54) is 20.0 Å². The fraction of sp³-hybridized carbons (Fsp3) is 0.562. The Balaban J connectivity index is 1.79. The molecular formula is C16H25N3O2. The fourth-order valence-corrected chi connectivity index (χ4v) is 2.71. The van der Waals surface area contributed by atoms with Gasteiger partial charge in [-0.15, -0.1) is 0 Å². The molecule has 1 aromatic rings. The van der Waals surface area contributed by atoms with E-state index in [4.69, 9.17) is 4.74 Å². The van der Waals surface area contributed by atoms with E-state index in [-0.39, 0.29) is 12.5 Å². The van der Waals surface area contributed by atoms with Crippen molar-refractivity contribution in [3.63, 3.8) is 0 Å². The van der Waals surface area contributed by atoms with Crippen LogP contribution in [0.25, 0.3) is 0 Å². The Kier molecular flexibility index (Phi) is 6.02. The second-order valence-corrected chi connectivity index (χ2v) is 5.63. The van der Waals surface area contributed by atoms with E-state index < -0.39 is 0 Å². The zero-order chi connectivity index (χ0) is 15.1. The van der Waals surface area contributed by atoms with Crippen LogP contribution in [0.1, 0.15) is 26.2 Å². The Morgan fingerprint density at radius 3 is 2.71 bits per heavy atom. The molecule has 1 heterocycles. The summed E-state index contributed by atoms with van der Waals surface area (Å²) < 4.78 is 4.79. The van der Waals surface area contributed by atoms with E-state index in [9.17, 15) is 4.79 Å². The van der Waals surface area contributed by atoms with Crippen molar-refractivity contribution in [1.82, 2.24) is 5.32 Å². The number of methoxy groups -OCH3 is 1. The maximum absolute atomic E-state index is 11.4. The Hall–Kier alpha value is -1.59. The highest BCUT2D eigenvalue weighted by Gasteiger charge is 2.16. The van der Waals surface area contributed by atoms with Gasteiger partial charge in [0.05, 0.1) is 0 Å². The van der Waals surface area contributed by atoms with Crippen LogP contribution in [0.4, 0.5) is 11.4 Å². The molecule has 5 heteroatoms. The van der Waals surface area contributed by atoms with Gasteiger partial charge in [-0.1, -0.05) is 0 Å². The lowest BCUT2D eigenvalue weighted by Gasteiger charge is -2.19. The van der Waals surface area contributed by atoms with Crippen LogP contribution in [0.3, 0.4) is 0 Å². The van der Waals surface area contributed by atoms with Crippen LogP contribution < -0.4 is 16.0 Å². The number of ether oxygens (including phenoxy) is 1. The monoisotopic (exact) mass is 291 g/mol. The number of hydrogen-bond donors (Lipinski definition) is 3. The highest BCUT2D eigenvalue weighted by atomic mass is 16.5. The van der Waals surface area contributed by atoms with Crippen molar-refractivity contribution in [2.45, 2.75) is 38.3 Å². The van der Waals surface area contributed by atoms with Gasteiger partial charge in [-0.25, -0.2) is 0 Å². The molecule has 2 atom stereocenters. The van der Waals surface area contributed by atoms with Crippen LogP contribution in [0.5, 0.6) is 0 Å². The molecule has 21 heavy (non-hydrogen) atoms. The first-order chi connectivity index (χ1) is 10.2. The van der Waals surface area contributed by atoms with Crippen molar-refractivity contribution in [2.75, 3.05) is 30.9 Å². The first kappa shape index (κ1) is 15.8. The molecule has 0 aliphatic carbocycles. The van der Waals surface area contributed by atoms with Gasteiger partial charge in [-0.05, 0) is 57.0 Å². The van der Waals surface area contributed by atoms with Crippen LogP contribution in [-0.2, 0) is 9.53 Å². The third kappa shape index (κ3) is 5.36. The number of anilines is 2. The van der Waals surface area contributed by atoms with Crippen LogP contribution in [0.15, 0.2) is 24.3 Å². The van der Waals surface area contributed by atoms with Gasteiger partial charge in [-0.2, -0.15) is 0 Å². The van der Waals surface area contributed by atoms with Crippen LogP contribution in [-0.4, -0.2) is 38.3 Å². The molecule has 1 fully saturated rings. The second kappa shape index (κ2) is 8.00. The van der Waals surface area contributed by atoms with Gasteiger partial charge in [0.2, 0.25) is 5.91 Å². The minimum absolute atomic E-state index is 0.0748. The third-order valence-electron chi connectivity index (χ3n) is 3.66. The summed E-state index contributed by atoms with van der Waals surface area (Å²) >= 11 is 0. The van der Waals surface area contributed by atoms with Crippen LogP contribution in [0.2, 0.25) is 0 Å². The van der Waals surface area contributed by atoms with Gasteiger partial charge in [0.25, 0.3) is 0 Å². The lowest BCUT2D eigenvalue weighted by molar-refractivity contribution is -0.119. The van der Waals surface area contributed by atoms with E-state index in [2.05, 4.69) is 22.9 Å². The average Bonchev–Trinajstić information content (AvgIpc) is 2.94. The van der Waals surface area contributed by atoms with Gasteiger partial charge >= 0.3 is 0 Å². The summed E-state index contributed by atoms with van der Waals surface area (Å²) in [5.74, 6) is -0.140. The summed E-state index contributed by atoms with van der Waals surface area (Å²) in [7, 11) is 1.51. The molecule has 2 rings (SSSR count). The zero-order valence-electron chi connectivity index (χ0n) is 12.8. The SMILES string of the molecule is COCC(=O)Nc1ccc(NC(C)CC2CCCN2)cc1. The maximum Gasteiger partial charge on any atom is 0.250 e. The van der Waals surface area contributed by atoms with Crippen molar-refractivity contribution >= 4 is 17.3 Å². The van der Waals surface area contributed by atoms with Crippen LogP contribution >= 0.6 is 0 Å². The standard InChI is InChI=1S/C16H25N3O2/c1-12(10-15-4-3-9-17-15)18-13-5-7-14(8-6-13)19-16(20)11-21-2/h5-8,12,15,17-18H,3-4,9-11H2,1-2H3,(H,19,20). The van der Waals surface area contributed by atoms with E-state index in [1.807, 2.05) is 24.3 Å². The number of nitrogens with one attached hydrogen (secondary N) is 3. The molecular weight excluding hydrogens is 266 g/mol. The summed E-state index contributed by atoms with van der Waals surface area (Å²) in [5.41, 5.74) is 1.86. The molecule has 0 aromatic heterocycles. The summed E-state index contributed by atoms with van der Waals surface area (Å²) in [6.45, 7) is 3.42. The Bertz CT molecular complexity index is 441. The number of benzene rings is 1. The molecule has 5 nitrogen and oxygen atoms in total. The van der Waals surface area contributed by atoms with Gasteiger partial charge in [0.1, 0.15) is 6.61 Å². The normalized spacial score (nSPS) is 19.2. The highest BCUT2D eigenvalue weighted by Crippen LogP contribution is 2.17. The van der Waals surface area contributed by atoms with E-state index in [0.717, 1.165) is 24.3 Å². The smallest absolute Gasteiger partial charge is 0.250 e. The maximum atomic E-state index is 11.4. The molecule has 0 spiro atoms. The summed E-state index contributed by atoms with van der Waals surface area (Å²) in [5, 5.41) is 9.79. The van der Waals surface area contributed by atoms with Crippen molar-refractivity contribution in [1.29, 1.82) is 0 Å². The van der Waals surface area contributed by atoms with Gasteiger partial charge < -0.3 is 20.7 Å². The molecule has 2 unspecified atom stereocenters. The Morgan fingerprint density at radius 1 is 1.38 bits per heavy atom. The fourth-order valence-electron chi connectivity index (χ4n) is 2.71. The van der Waals surface area contributed by atoms with Crippen molar-refractivity contribution in [3.05, 3.63) is 24.3 Å². The Morgan fingerprint density at radius 2 is 2.10 bits per heavy atom. The number of hydrogen-bond acceptors (Lipinski definition) is 4. The second-order valence-electron chi connectivity index (χ2n) is 5.63. The van der Waals surface area contributed by atoms with Crippen molar-refractivity contribution in [3.8, 4) is 0 Å². The molecule has 1 saturated heterocycles. The predicted molar refractivity (Wildman–Crippen MR) is 85.7 cm³/mol. The van der Waals surface area contributed by atoms with Gasteiger partial charge in [-0.3, -0.25) is 4.79 Å². The predicted octanol–water partition coefficient (Wildman–Crippen LogP) is 2.21. The Labute approximate surface area is 126 Å². The minimum Gasteiger partial charge on any atom is -0.383 e. The summed E-state index contributed by atoms with van der Waals surface area (Å²) in [6.07, 6.45) is 3.69. The van der Waals surface area contributed by atoms with Crippen molar-refractivity contribution < 1.29 is 9.53 Å². The number of amides is 1. The topological polar surface area (TPSA) is 62.4 Å². The van der Waals surface area contributed by atoms with E-state index in [0.29, 0.717) is 12.1 Å². The van der Waals surface area contributed by atoms with Gasteiger partial charge in [0.15, 0.2) is 0 Å². The third-order valence-corrected chi connectivity index (χ3v) is 3.66.